The molecule has 1 heterocycles. The van der Waals surface area contributed by atoms with E-state index in [1.165, 1.54) is 0 Å². The number of ether oxygens (including phenoxy) is 1. The van der Waals surface area contributed by atoms with Gasteiger partial charge in [-0.2, -0.15) is 0 Å². The lowest BCUT2D eigenvalue weighted by molar-refractivity contribution is -0.139. The minimum atomic E-state index is -0.652. The summed E-state index contributed by atoms with van der Waals surface area (Å²) in [6, 6.07) is 15.7. The van der Waals surface area contributed by atoms with Crippen molar-refractivity contribution >= 4 is 17.4 Å². The van der Waals surface area contributed by atoms with Crippen molar-refractivity contribution in [1.82, 2.24) is 9.80 Å². The number of nitrogens with zero attached hydrogens (tertiary/aromatic N) is 2. The highest BCUT2D eigenvalue weighted by molar-refractivity contribution is 6.46. The lowest BCUT2D eigenvalue weighted by Crippen LogP contribution is -2.32. The summed E-state index contributed by atoms with van der Waals surface area (Å²) in [6.07, 6.45) is 0.727. The molecule has 170 valence electrons. The van der Waals surface area contributed by atoms with Crippen molar-refractivity contribution in [2.75, 3.05) is 33.8 Å². The van der Waals surface area contributed by atoms with Gasteiger partial charge in [0.2, 0.25) is 0 Å². The van der Waals surface area contributed by atoms with Gasteiger partial charge >= 0.3 is 0 Å². The third-order valence-corrected chi connectivity index (χ3v) is 5.37. The molecule has 1 aliphatic heterocycles. The van der Waals surface area contributed by atoms with Gasteiger partial charge in [0.15, 0.2) is 0 Å². The minimum Gasteiger partial charge on any atom is -0.507 e. The number of hydrogen-bond donors (Lipinski definition) is 1. The summed E-state index contributed by atoms with van der Waals surface area (Å²) in [4.78, 5) is 29.5. The zero-order chi connectivity index (χ0) is 23.3. The molecule has 6 heteroatoms. The third-order valence-electron chi connectivity index (χ3n) is 5.37. The Hall–Kier alpha value is -3.12. The molecule has 1 fully saturated rings. The van der Waals surface area contributed by atoms with E-state index in [-0.39, 0.29) is 11.3 Å². The first-order valence-electron chi connectivity index (χ1n) is 11.0. The fourth-order valence-electron chi connectivity index (χ4n) is 3.78. The van der Waals surface area contributed by atoms with E-state index in [1.54, 1.807) is 29.2 Å². The summed E-state index contributed by atoms with van der Waals surface area (Å²) >= 11 is 0. The highest BCUT2D eigenvalue weighted by atomic mass is 16.5. The van der Waals surface area contributed by atoms with Gasteiger partial charge in [0, 0.05) is 12.1 Å². The molecule has 0 aromatic heterocycles. The van der Waals surface area contributed by atoms with Crippen LogP contribution in [-0.2, 0) is 9.59 Å². The van der Waals surface area contributed by atoms with Crippen molar-refractivity contribution in [2.45, 2.75) is 26.3 Å². The van der Waals surface area contributed by atoms with E-state index in [1.807, 2.05) is 49.3 Å². The number of carbonyl (C=O) groups is 2. The average Bonchev–Trinajstić information content (AvgIpc) is 3.03. The van der Waals surface area contributed by atoms with Crippen LogP contribution in [0.3, 0.4) is 0 Å². The van der Waals surface area contributed by atoms with Gasteiger partial charge in [-0.15, -0.1) is 0 Å². The summed E-state index contributed by atoms with van der Waals surface area (Å²) in [5.74, 6) is -0.295. The first-order valence-corrected chi connectivity index (χ1v) is 11.0. The van der Waals surface area contributed by atoms with Crippen molar-refractivity contribution in [3.8, 4) is 5.75 Å². The van der Waals surface area contributed by atoms with Crippen LogP contribution in [0.4, 0.5) is 0 Å². The van der Waals surface area contributed by atoms with Crippen molar-refractivity contribution in [2.24, 2.45) is 5.92 Å². The molecule has 1 amide bonds. The molecule has 0 unspecified atom stereocenters. The highest BCUT2D eigenvalue weighted by Crippen LogP contribution is 2.39. The Labute approximate surface area is 190 Å². The van der Waals surface area contributed by atoms with Gasteiger partial charge in [-0.1, -0.05) is 44.2 Å². The molecule has 0 bridgehead atoms. The summed E-state index contributed by atoms with van der Waals surface area (Å²) in [7, 11) is 3.94. The highest BCUT2D eigenvalue weighted by Gasteiger charge is 2.45. The molecule has 1 saturated heterocycles. The number of aliphatic hydroxyl groups excluding tert-OH is 1. The molecule has 0 saturated carbocycles. The fourth-order valence-corrected chi connectivity index (χ4v) is 3.78. The fraction of sp³-hybridized carbons (Fsp3) is 0.385. The molecule has 0 spiro atoms. The Balaban J connectivity index is 1.96. The van der Waals surface area contributed by atoms with Gasteiger partial charge < -0.3 is 19.6 Å². The van der Waals surface area contributed by atoms with E-state index in [0.717, 1.165) is 18.5 Å². The quantitative estimate of drug-likeness (QED) is 0.364. The standard InChI is InChI=1S/C26H32N2O4/c1-18(2)17-32-21-13-11-20(12-14-21)24(29)22-23(19-9-6-5-7-10-19)28(26(31)25(22)30)16-8-15-27(3)4/h5-7,9-14,18,23,29H,8,15-17H2,1-4H3/b24-22+/t23-/m1/s1. The molecule has 0 radical (unpaired) electrons. The number of carbonyl (C=O) groups excluding carboxylic acids is 2. The van der Waals surface area contributed by atoms with Gasteiger partial charge in [0.05, 0.1) is 18.2 Å². The maximum absolute atomic E-state index is 13.0. The number of hydrogen-bond acceptors (Lipinski definition) is 5. The molecule has 6 nitrogen and oxygen atoms in total. The second kappa shape index (κ2) is 10.5. The summed E-state index contributed by atoms with van der Waals surface area (Å²) in [5, 5.41) is 11.1. The van der Waals surface area contributed by atoms with Crippen molar-refractivity contribution in [1.29, 1.82) is 0 Å². The van der Waals surface area contributed by atoms with Gasteiger partial charge in [0.25, 0.3) is 11.7 Å². The van der Waals surface area contributed by atoms with E-state index >= 15 is 0 Å². The molecule has 2 aromatic carbocycles. The Morgan fingerprint density at radius 1 is 1.06 bits per heavy atom. The molecular weight excluding hydrogens is 404 g/mol. The zero-order valence-electron chi connectivity index (χ0n) is 19.2. The van der Waals surface area contributed by atoms with Crippen LogP contribution in [0.5, 0.6) is 5.75 Å². The van der Waals surface area contributed by atoms with E-state index in [4.69, 9.17) is 4.74 Å². The Kier molecular flexibility index (Phi) is 7.70. The SMILES string of the molecule is CC(C)COc1ccc(/C(O)=C2\C(=O)C(=O)N(CCCN(C)C)[C@@H]2c2ccccc2)cc1. The lowest BCUT2D eigenvalue weighted by Gasteiger charge is -2.26. The molecule has 1 atom stereocenters. The number of benzene rings is 2. The van der Waals surface area contributed by atoms with E-state index in [9.17, 15) is 14.7 Å². The first-order chi connectivity index (χ1) is 15.3. The average molecular weight is 437 g/mol. The molecule has 32 heavy (non-hydrogen) atoms. The maximum Gasteiger partial charge on any atom is 0.295 e. The van der Waals surface area contributed by atoms with Crippen LogP contribution >= 0.6 is 0 Å². The number of aliphatic hydroxyl groups is 1. The van der Waals surface area contributed by atoms with Crippen LogP contribution in [0.15, 0.2) is 60.2 Å². The topological polar surface area (TPSA) is 70.1 Å². The minimum absolute atomic E-state index is 0.127. The predicted octanol–water partition coefficient (Wildman–Crippen LogP) is 4.09. The smallest absolute Gasteiger partial charge is 0.295 e. The number of rotatable bonds is 9. The van der Waals surface area contributed by atoms with Crippen LogP contribution in [0.1, 0.15) is 37.4 Å². The van der Waals surface area contributed by atoms with Crippen LogP contribution < -0.4 is 4.74 Å². The molecule has 3 rings (SSSR count). The number of ketones is 1. The van der Waals surface area contributed by atoms with Crippen LogP contribution in [-0.4, -0.2) is 60.4 Å². The Morgan fingerprint density at radius 3 is 2.31 bits per heavy atom. The number of likely N-dealkylation sites (tertiary alicyclic amines) is 1. The molecule has 2 aromatic rings. The monoisotopic (exact) mass is 436 g/mol. The molecule has 1 aliphatic rings. The van der Waals surface area contributed by atoms with E-state index in [2.05, 4.69) is 13.8 Å². The molecule has 1 N–H and O–H groups in total. The Morgan fingerprint density at radius 2 is 1.72 bits per heavy atom. The summed E-state index contributed by atoms with van der Waals surface area (Å²) in [5.41, 5.74) is 1.41. The van der Waals surface area contributed by atoms with Gasteiger partial charge in [-0.3, -0.25) is 9.59 Å². The van der Waals surface area contributed by atoms with Crippen LogP contribution in [0, 0.1) is 5.92 Å². The molecule has 0 aliphatic carbocycles. The maximum atomic E-state index is 13.0. The van der Waals surface area contributed by atoms with Crippen LogP contribution in [0.2, 0.25) is 0 Å². The Bertz CT molecular complexity index is 965. The van der Waals surface area contributed by atoms with Crippen molar-refractivity contribution in [3.05, 3.63) is 71.3 Å². The van der Waals surface area contributed by atoms with Crippen molar-refractivity contribution < 1.29 is 19.4 Å². The number of Topliss-reactive ketones (excluding diaryl/α,β-unsaturated/α-hetero) is 1. The predicted molar refractivity (Wildman–Crippen MR) is 125 cm³/mol. The normalized spacial score (nSPS) is 18.1. The third kappa shape index (κ3) is 5.37. The second-order valence-electron chi connectivity index (χ2n) is 8.79. The van der Waals surface area contributed by atoms with Gasteiger partial charge in [0.1, 0.15) is 11.5 Å². The van der Waals surface area contributed by atoms with Gasteiger partial charge in [-0.25, -0.2) is 0 Å². The largest absolute Gasteiger partial charge is 0.507 e. The zero-order valence-corrected chi connectivity index (χ0v) is 19.2. The number of amides is 1. The van der Waals surface area contributed by atoms with E-state index < -0.39 is 17.7 Å². The van der Waals surface area contributed by atoms with E-state index in [0.29, 0.717) is 30.4 Å². The van der Waals surface area contributed by atoms with Crippen LogP contribution in [0.25, 0.3) is 5.76 Å². The second-order valence-corrected chi connectivity index (χ2v) is 8.79. The molecular formula is C26H32N2O4. The summed E-state index contributed by atoms with van der Waals surface area (Å²) < 4.78 is 5.71. The van der Waals surface area contributed by atoms with Gasteiger partial charge in [-0.05, 0) is 62.8 Å². The summed E-state index contributed by atoms with van der Waals surface area (Å²) in [6.45, 7) is 5.96. The lowest BCUT2D eigenvalue weighted by atomic mass is 9.95. The van der Waals surface area contributed by atoms with Crippen molar-refractivity contribution in [3.63, 3.8) is 0 Å². The first kappa shape index (κ1) is 23.5.